The highest BCUT2D eigenvalue weighted by atomic mass is 32.1. The van der Waals surface area contributed by atoms with Gasteiger partial charge in [-0.15, -0.1) is 11.3 Å². The first-order chi connectivity index (χ1) is 8.63. The highest BCUT2D eigenvalue weighted by Gasteiger charge is 2.15. The Morgan fingerprint density at radius 2 is 2.33 bits per heavy atom. The molecule has 6 nitrogen and oxygen atoms in total. The first-order valence-electron chi connectivity index (χ1n) is 5.76. The Morgan fingerprint density at radius 1 is 1.56 bits per heavy atom. The summed E-state index contributed by atoms with van der Waals surface area (Å²) < 4.78 is 0. The number of aliphatic carboxylic acids is 1. The van der Waals surface area contributed by atoms with Gasteiger partial charge in [0, 0.05) is 31.1 Å². The van der Waals surface area contributed by atoms with Crippen molar-refractivity contribution in [2.75, 3.05) is 19.6 Å². The Bertz CT molecular complexity index is 381. The van der Waals surface area contributed by atoms with E-state index in [9.17, 15) is 9.59 Å². The zero-order valence-electron chi connectivity index (χ0n) is 10.3. The topological polar surface area (TPSA) is 82.5 Å². The molecule has 0 saturated carbocycles. The predicted octanol–water partition coefficient (Wildman–Crippen LogP) is 1.19. The molecule has 1 aromatic heterocycles. The highest BCUT2D eigenvalue weighted by molar-refractivity contribution is 7.09. The average Bonchev–Trinajstić information content (AvgIpc) is 2.81. The van der Waals surface area contributed by atoms with Crippen LogP contribution in [0, 0.1) is 0 Å². The third-order valence-corrected chi connectivity index (χ3v) is 3.04. The molecule has 2 amide bonds. The minimum atomic E-state index is -1.00. The zero-order chi connectivity index (χ0) is 13.4. The van der Waals surface area contributed by atoms with Crippen LogP contribution in [0.3, 0.4) is 0 Å². The molecule has 0 aliphatic rings. The van der Waals surface area contributed by atoms with Gasteiger partial charge in [-0.3, -0.25) is 4.79 Å². The summed E-state index contributed by atoms with van der Waals surface area (Å²) in [4.78, 5) is 27.7. The summed E-state index contributed by atoms with van der Waals surface area (Å²) in [6.45, 7) is 2.54. The van der Waals surface area contributed by atoms with Gasteiger partial charge in [-0.05, 0) is 6.42 Å². The molecular weight excluding hydrogens is 254 g/mol. The molecule has 1 aromatic rings. The van der Waals surface area contributed by atoms with Gasteiger partial charge < -0.3 is 15.3 Å². The van der Waals surface area contributed by atoms with E-state index in [0.717, 1.165) is 11.4 Å². The second-order valence-electron chi connectivity index (χ2n) is 3.72. The number of carboxylic acids is 1. The van der Waals surface area contributed by atoms with Crippen LogP contribution in [0.5, 0.6) is 0 Å². The molecule has 100 valence electrons. The molecule has 2 N–H and O–H groups in total. The van der Waals surface area contributed by atoms with Crippen molar-refractivity contribution in [3.05, 3.63) is 16.6 Å². The van der Waals surface area contributed by atoms with Gasteiger partial charge in [0.1, 0.15) is 6.54 Å². The fourth-order valence-electron chi connectivity index (χ4n) is 1.45. The smallest absolute Gasteiger partial charge is 0.323 e. The van der Waals surface area contributed by atoms with Gasteiger partial charge in [-0.2, -0.15) is 0 Å². The summed E-state index contributed by atoms with van der Waals surface area (Å²) in [6.07, 6.45) is 3.11. The fraction of sp³-hybridized carbons (Fsp3) is 0.545. The van der Waals surface area contributed by atoms with E-state index in [1.54, 1.807) is 6.20 Å². The second kappa shape index (κ2) is 7.65. The number of hydrogen-bond donors (Lipinski definition) is 2. The van der Waals surface area contributed by atoms with E-state index in [1.165, 1.54) is 16.2 Å². The van der Waals surface area contributed by atoms with Crippen LogP contribution < -0.4 is 5.32 Å². The molecule has 0 saturated heterocycles. The maximum absolute atomic E-state index is 11.7. The second-order valence-corrected chi connectivity index (χ2v) is 4.70. The molecule has 0 atom stereocenters. The zero-order valence-corrected chi connectivity index (χ0v) is 11.1. The van der Waals surface area contributed by atoms with E-state index < -0.39 is 5.97 Å². The molecule has 0 radical (unpaired) electrons. The Kier molecular flexibility index (Phi) is 6.13. The number of thiazole rings is 1. The van der Waals surface area contributed by atoms with Crippen LogP contribution in [0.4, 0.5) is 4.79 Å². The van der Waals surface area contributed by atoms with E-state index in [1.807, 2.05) is 12.3 Å². The number of carboxylic acid groups (broad SMARTS) is 1. The predicted molar refractivity (Wildman–Crippen MR) is 68.7 cm³/mol. The molecule has 1 rings (SSSR count). The number of nitrogens with zero attached hydrogens (tertiary/aromatic N) is 2. The maximum atomic E-state index is 11.7. The SMILES string of the molecule is CCCN(CC(=O)O)C(=O)NCCc1nccs1. The van der Waals surface area contributed by atoms with Gasteiger partial charge in [0.2, 0.25) is 0 Å². The number of carbonyl (C=O) groups excluding carboxylic acids is 1. The van der Waals surface area contributed by atoms with Gasteiger partial charge in [0.05, 0.1) is 5.01 Å². The number of rotatable bonds is 7. The quantitative estimate of drug-likeness (QED) is 0.780. The van der Waals surface area contributed by atoms with Crippen molar-refractivity contribution in [1.82, 2.24) is 15.2 Å². The van der Waals surface area contributed by atoms with Crippen LogP contribution in [-0.4, -0.2) is 46.6 Å². The molecule has 0 aliphatic heterocycles. The lowest BCUT2D eigenvalue weighted by atomic mass is 10.4. The minimum absolute atomic E-state index is 0.267. The largest absolute Gasteiger partial charge is 0.480 e. The molecule has 0 aromatic carbocycles. The number of nitrogens with one attached hydrogen (secondary N) is 1. The molecular formula is C11H17N3O3S. The fourth-order valence-corrected chi connectivity index (χ4v) is 2.07. The van der Waals surface area contributed by atoms with Gasteiger partial charge in [-0.25, -0.2) is 9.78 Å². The van der Waals surface area contributed by atoms with Gasteiger partial charge in [-0.1, -0.05) is 6.92 Å². The van der Waals surface area contributed by atoms with Gasteiger partial charge in [0.15, 0.2) is 0 Å². The number of amides is 2. The number of aromatic nitrogens is 1. The Labute approximate surface area is 110 Å². The molecule has 0 aliphatic carbocycles. The number of carbonyl (C=O) groups is 2. The number of urea groups is 1. The first kappa shape index (κ1) is 14.4. The molecule has 0 fully saturated rings. The number of hydrogen-bond acceptors (Lipinski definition) is 4. The van der Waals surface area contributed by atoms with Crippen LogP contribution in [-0.2, 0) is 11.2 Å². The lowest BCUT2D eigenvalue weighted by Gasteiger charge is -2.20. The minimum Gasteiger partial charge on any atom is -0.480 e. The lowest BCUT2D eigenvalue weighted by molar-refractivity contribution is -0.137. The van der Waals surface area contributed by atoms with Crippen molar-refractivity contribution in [1.29, 1.82) is 0 Å². The maximum Gasteiger partial charge on any atom is 0.323 e. The average molecular weight is 271 g/mol. The Balaban J connectivity index is 2.34. The van der Waals surface area contributed by atoms with Crippen LogP contribution in [0.2, 0.25) is 0 Å². The molecule has 0 spiro atoms. The van der Waals surface area contributed by atoms with Gasteiger partial charge in [0.25, 0.3) is 0 Å². The van der Waals surface area contributed by atoms with Crippen LogP contribution in [0.1, 0.15) is 18.4 Å². The Morgan fingerprint density at radius 3 is 2.89 bits per heavy atom. The van der Waals surface area contributed by atoms with Crippen molar-refractivity contribution < 1.29 is 14.7 Å². The van der Waals surface area contributed by atoms with E-state index in [0.29, 0.717) is 19.5 Å². The monoisotopic (exact) mass is 271 g/mol. The third-order valence-electron chi connectivity index (χ3n) is 2.21. The van der Waals surface area contributed by atoms with E-state index >= 15 is 0 Å². The van der Waals surface area contributed by atoms with Crippen LogP contribution >= 0.6 is 11.3 Å². The van der Waals surface area contributed by atoms with Crippen molar-refractivity contribution in [3.63, 3.8) is 0 Å². The van der Waals surface area contributed by atoms with Crippen molar-refractivity contribution in [2.24, 2.45) is 0 Å². The van der Waals surface area contributed by atoms with Crippen LogP contribution in [0.25, 0.3) is 0 Å². The molecule has 0 bridgehead atoms. The van der Waals surface area contributed by atoms with E-state index in [2.05, 4.69) is 10.3 Å². The van der Waals surface area contributed by atoms with Gasteiger partial charge >= 0.3 is 12.0 Å². The van der Waals surface area contributed by atoms with Crippen molar-refractivity contribution in [3.8, 4) is 0 Å². The normalized spacial score (nSPS) is 10.1. The summed E-state index contributed by atoms with van der Waals surface area (Å²) in [5.41, 5.74) is 0. The molecule has 18 heavy (non-hydrogen) atoms. The molecule has 0 unspecified atom stereocenters. The summed E-state index contributed by atoms with van der Waals surface area (Å²) in [7, 11) is 0. The summed E-state index contributed by atoms with van der Waals surface area (Å²) in [6, 6.07) is -0.337. The summed E-state index contributed by atoms with van der Waals surface area (Å²) in [5, 5.41) is 14.2. The van der Waals surface area contributed by atoms with Crippen molar-refractivity contribution >= 4 is 23.3 Å². The summed E-state index contributed by atoms with van der Waals surface area (Å²) in [5.74, 6) is -1.00. The molecule has 1 heterocycles. The third kappa shape index (κ3) is 5.13. The standard InChI is InChI=1S/C11H17N3O3S/c1-2-6-14(8-10(15)16)11(17)13-4-3-9-12-5-7-18-9/h5,7H,2-4,6,8H2,1H3,(H,13,17)(H,15,16). The lowest BCUT2D eigenvalue weighted by Crippen LogP contribution is -2.43. The van der Waals surface area contributed by atoms with Crippen LogP contribution in [0.15, 0.2) is 11.6 Å². The van der Waals surface area contributed by atoms with E-state index in [-0.39, 0.29) is 12.6 Å². The highest BCUT2D eigenvalue weighted by Crippen LogP contribution is 2.03. The molecule has 7 heteroatoms. The Hall–Kier alpha value is -1.63. The van der Waals surface area contributed by atoms with Crippen molar-refractivity contribution in [2.45, 2.75) is 19.8 Å². The summed E-state index contributed by atoms with van der Waals surface area (Å²) >= 11 is 1.53. The first-order valence-corrected chi connectivity index (χ1v) is 6.64. The van der Waals surface area contributed by atoms with E-state index in [4.69, 9.17) is 5.11 Å².